The Bertz CT molecular complexity index is 349. The summed E-state index contributed by atoms with van der Waals surface area (Å²) in [5, 5.41) is 0. The molecular formula is C16H26N2O. The van der Waals surface area contributed by atoms with E-state index in [-0.39, 0.29) is 12.1 Å². The third kappa shape index (κ3) is 4.29. The molecule has 0 aromatic carbocycles. The maximum Gasteiger partial charge on any atom is 0.0990 e. The summed E-state index contributed by atoms with van der Waals surface area (Å²) in [4.78, 5) is 4.18. The van der Waals surface area contributed by atoms with Crippen LogP contribution in [0.2, 0.25) is 0 Å². The van der Waals surface area contributed by atoms with Crippen LogP contribution < -0.4 is 5.73 Å². The van der Waals surface area contributed by atoms with Crippen molar-refractivity contribution in [2.45, 2.75) is 57.6 Å². The highest BCUT2D eigenvalue weighted by Crippen LogP contribution is 2.27. The number of hydrogen-bond acceptors (Lipinski definition) is 3. The zero-order valence-corrected chi connectivity index (χ0v) is 11.9. The van der Waals surface area contributed by atoms with E-state index in [1.54, 1.807) is 6.20 Å². The Labute approximate surface area is 116 Å². The second-order valence-electron chi connectivity index (χ2n) is 5.62. The molecule has 3 heteroatoms. The largest absolute Gasteiger partial charge is 0.372 e. The minimum atomic E-state index is -0.0133. The van der Waals surface area contributed by atoms with Crippen molar-refractivity contribution in [2.24, 2.45) is 11.7 Å². The first-order chi connectivity index (χ1) is 9.31. The van der Waals surface area contributed by atoms with Crippen LogP contribution in [0.5, 0.6) is 0 Å². The first-order valence-electron chi connectivity index (χ1n) is 7.58. The lowest BCUT2D eigenvalue weighted by Gasteiger charge is -2.28. The van der Waals surface area contributed by atoms with Crippen LogP contribution in [0.15, 0.2) is 24.5 Å². The molecule has 1 saturated carbocycles. The van der Waals surface area contributed by atoms with Gasteiger partial charge in [-0.05, 0) is 31.2 Å². The van der Waals surface area contributed by atoms with E-state index in [4.69, 9.17) is 10.5 Å². The van der Waals surface area contributed by atoms with E-state index in [0.717, 1.165) is 24.5 Å². The SMILES string of the molecule is CCC(N)C(OCC1CCCCC1)c1cccnc1. The second-order valence-corrected chi connectivity index (χ2v) is 5.62. The molecule has 1 aromatic heterocycles. The molecular weight excluding hydrogens is 236 g/mol. The van der Waals surface area contributed by atoms with Crippen molar-refractivity contribution < 1.29 is 4.74 Å². The third-order valence-corrected chi connectivity index (χ3v) is 4.11. The lowest BCUT2D eigenvalue weighted by molar-refractivity contribution is 0.00422. The van der Waals surface area contributed by atoms with Crippen molar-refractivity contribution >= 4 is 0 Å². The van der Waals surface area contributed by atoms with Gasteiger partial charge in [0.05, 0.1) is 12.7 Å². The minimum Gasteiger partial charge on any atom is -0.372 e. The van der Waals surface area contributed by atoms with Crippen LogP contribution in [0.25, 0.3) is 0 Å². The topological polar surface area (TPSA) is 48.1 Å². The van der Waals surface area contributed by atoms with E-state index in [0.29, 0.717) is 0 Å². The molecule has 1 fully saturated rings. The van der Waals surface area contributed by atoms with Gasteiger partial charge in [0.15, 0.2) is 0 Å². The molecule has 2 unspecified atom stereocenters. The summed E-state index contributed by atoms with van der Waals surface area (Å²) in [5.74, 6) is 0.719. The molecule has 2 rings (SSSR count). The van der Waals surface area contributed by atoms with E-state index < -0.39 is 0 Å². The highest BCUT2D eigenvalue weighted by Gasteiger charge is 2.22. The van der Waals surface area contributed by atoms with Crippen LogP contribution in [0, 0.1) is 5.92 Å². The molecule has 0 saturated heterocycles. The number of nitrogens with two attached hydrogens (primary N) is 1. The van der Waals surface area contributed by atoms with Gasteiger partial charge in [0, 0.05) is 24.0 Å². The molecule has 1 aliphatic rings. The van der Waals surface area contributed by atoms with Gasteiger partial charge in [0.25, 0.3) is 0 Å². The fraction of sp³-hybridized carbons (Fsp3) is 0.688. The number of aromatic nitrogens is 1. The predicted molar refractivity (Wildman–Crippen MR) is 77.8 cm³/mol. The Morgan fingerprint density at radius 1 is 1.37 bits per heavy atom. The molecule has 0 radical (unpaired) electrons. The molecule has 0 aliphatic heterocycles. The van der Waals surface area contributed by atoms with Crippen LogP contribution >= 0.6 is 0 Å². The standard InChI is InChI=1S/C16H26N2O/c1-2-15(17)16(14-9-6-10-18-11-14)19-12-13-7-4-3-5-8-13/h6,9-11,13,15-16H,2-5,7-8,12,17H2,1H3. The molecule has 2 atom stereocenters. The lowest BCUT2D eigenvalue weighted by Crippen LogP contribution is -2.31. The Balaban J connectivity index is 1.94. The lowest BCUT2D eigenvalue weighted by atomic mass is 9.90. The maximum atomic E-state index is 6.21. The van der Waals surface area contributed by atoms with Gasteiger partial charge in [-0.1, -0.05) is 32.3 Å². The summed E-state index contributed by atoms with van der Waals surface area (Å²) in [6, 6.07) is 4.07. The summed E-state index contributed by atoms with van der Waals surface area (Å²) < 4.78 is 6.16. The highest BCUT2D eigenvalue weighted by molar-refractivity contribution is 5.14. The zero-order chi connectivity index (χ0) is 13.5. The van der Waals surface area contributed by atoms with E-state index >= 15 is 0 Å². The molecule has 3 nitrogen and oxygen atoms in total. The number of ether oxygens (including phenoxy) is 1. The van der Waals surface area contributed by atoms with Crippen LogP contribution in [0.4, 0.5) is 0 Å². The zero-order valence-electron chi connectivity index (χ0n) is 11.9. The van der Waals surface area contributed by atoms with Crippen molar-refractivity contribution in [3.8, 4) is 0 Å². The Kier molecular flexibility index (Phi) is 5.80. The molecule has 0 amide bonds. The van der Waals surface area contributed by atoms with Crippen LogP contribution in [-0.2, 0) is 4.74 Å². The summed E-state index contributed by atoms with van der Waals surface area (Å²) in [6.07, 6.45) is 11.3. The molecule has 1 heterocycles. The Morgan fingerprint density at radius 2 is 2.16 bits per heavy atom. The fourth-order valence-corrected chi connectivity index (χ4v) is 2.82. The second kappa shape index (κ2) is 7.61. The molecule has 106 valence electrons. The first-order valence-corrected chi connectivity index (χ1v) is 7.58. The van der Waals surface area contributed by atoms with Gasteiger partial charge in [0.2, 0.25) is 0 Å². The Morgan fingerprint density at radius 3 is 2.79 bits per heavy atom. The average molecular weight is 262 g/mol. The highest BCUT2D eigenvalue weighted by atomic mass is 16.5. The van der Waals surface area contributed by atoms with E-state index in [2.05, 4.69) is 18.0 Å². The quantitative estimate of drug-likeness (QED) is 0.854. The number of pyridine rings is 1. The first kappa shape index (κ1) is 14.5. The van der Waals surface area contributed by atoms with Crippen molar-refractivity contribution in [1.29, 1.82) is 0 Å². The summed E-state index contributed by atoms with van der Waals surface area (Å²) in [5.41, 5.74) is 7.32. The maximum absolute atomic E-state index is 6.21. The predicted octanol–water partition coefficient (Wildman–Crippen LogP) is 3.46. The van der Waals surface area contributed by atoms with Crippen molar-refractivity contribution in [1.82, 2.24) is 4.98 Å². The van der Waals surface area contributed by atoms with Gasteiger partial charge in [-0.15, -0.1) is 0 Å². The minimum absolute atomic E-state index is 0.0133. The van der Waals surface area contributed by atoms with Gasteiger partial charge in [-0.2, -0.15) is 0 Å². The molecule has 0 bridgehead atoms. The van der Waals surface area contributed by atoms with Crippen LogP contribution in [0.1, 0.15) is 57.1 Å². The van der Waals surface area contributed by atoms with Crippen molar-refractivity contribution in [3.05, 3.63) is 30.1 Å². The molecule has 1 aromatic rings. The van der Waals surface area contributed by atoms with Gasteiger partial charge < -0.3 is 10.5 Å². The molecule has 19 heavy (non-hydrogen) atoms. The molecule has 2 N–H and O–H groups in total. The molecule has 1 aliphatic carbocycles. The smallest absolute Gasteiger partial charge is 0.0990 e. The van der Waals surface area contributed by atoms with E-state index in [9.17, 15) is 0 Å². The summed E-state index contributed by atoms with van der Waals surface area (Å²) in [7, 11) is 0. The van der Waals surface area contributed by atoms with Gasteiger partial charge in [0.1, 0.15) is 0 Å². The monoisotopic (exact) mass is 262 g/mol. The van der Waals surface area contributed by atoms with E-state index in [1.807, 2.05) is 12.3 Å². The molecule has 0 spiro atoms. The van der Waals surface area contributed by atoms with E-state index in [1.165, 1.54) is 32.1 Å². The normalized spacial score (nSPS) is 20.1. The number of nitrogens with zero attached hydrogens (tertiary/aromatic N) is 1. The Hall–Kier alpha value is -0.930. The number of hydrogen-bond donors (Lipinski definition) is 1. The van der Waals surface area contributed by atoms with Gasteiger partial charge in [-0.3, -0.25) is 4.98 Å². The summed E-state index contributed by atoms with van der Waals surface area (Å²) in [6.45, 7) is 2.95. The van der Waals surface area contributed by atoms with Gasteiger partial charge in [-0.25, -0.2) is 0 Å². The van der Waals surface area contributed by atoms with Crippen molar-refractivity contribution in [3.63, 3.8) is 0 Å². The summed E-state index contributed by atoms with van der Waals surface area (Å²) >= 11 is 0. The van der Waals surface area contributed by atoms with Crippen LogP contribution in [-0.4, -0.2) is 17.6 Å². The average Bonchev–Trinajstić information content (AvgIpc) is 2.49. The van der Waals surface area contributed by atoms with Crippen molar-refractivity contribution in [2.75, 3.05) is 6.61 Å². The third-order valence-electron chi connectivity index (χ3n) is 4.11. The fourth-order valence-electron chi connectivity index (χ4n) is 2.82. The number of rotatable bonds is 6. The van der Waals surface area contributed by atoms with Crippen LogP contribution in [0.3, 0.4) is 0 Å². The van der Waals surface area contributed by atoms with Gasteiger partial charge >= 0.3 is 0 Å².